The summed E-state index contributed by atoms with van der Waals surface area (Å²) in [4.78, 5) is 2.69. The Morgan fingerprint density at radius 1 is 1.12 bits per heavy atom. The molecule has 0 radical (unpaired) electrons. The van der Waals surface area contributed by atoms with Gasteiger partial charge in [0.15, 0.2) is 0 Å². The summed E-state index contributed by atoms with van der Waals surface area (Å²) in [7, 11) is 0. The van der Waals surface area contributed by atoms with E-state index in [2.05, 4.69) is 63.3 Å². The Kier molecular flexibility index (Phi) is 3.25. The molecule has 0 unspecified atom stereocenters. The molecule has 0 heterocycles. The lowest BCUT2D eigenvalue weighted by atomic mass is 9.82. The van der Waals surface area contributed by atoms with Gasteiger partial charge in [0.1, 0.15) is 0 Å². The van der Waals surface area contributed by atoms with Gasteiger partial charge in [0, 0.05) is 9.80 Å². The molecule has 1 heteroatoms. The van der Waals surface area contributed by atoms with Crippen molar-refractivity contribution in [3.05, 3.63) is 53.0 Å². The monoisotopic (exact) mass is 230 g/mol. The van der Waals surface area contributed by atoms with Gasteiger partial charge in [-0.1, -0.05) is 55.5 Å². The van der Waals surface area contributed by atoms with Crippen LogP contribution in [0.5, 0.6) is 0 Å². The van der Waals surface area contributed by atoms with E-state index >= 15 is 0 Å². The zero-order valence-electron chi connectivity index (χ0n) is 10.2. The van der Waals surface area contributed by atoms with Crippen molar-refractivity contribution in [3.63, 3.8) is 0 Å². The van der Waals surface area contributed by atoms with E-state index in [1.165, 1.54) is 21.8 Å². The molecule has 1 aliphatic carbocycles. The van der Waals surface area contributed by atoms with Gasteiger partial charge in [-0.3, -0.25) is 0 Å². The summed E-state index contributed by atoms with van der Waals surface area (Å²) in [6.45, 7) is 6.82. The molecule has 1 aromatic carbocycles. The van der Waals surface area contributed by atoms with Crippen LogP contribution in [0.1, 0.15) is 27.2 Å². The maximum absolute atomic E-state index is 2.39. The molecule has 16 heavy (non-hydrogen) atoms. The summed E-state index contributed by atoms with van der Waals surface area (Å²) in [5, 5.41) is 0. The Morgan fingerprint density at radius 2 is 1.81 bits per heavy atom. The average molecular weight is 230 g/mol. The van der Waals surface area contributed by atoms with Crippen molar-refractivity contribution in [2.45, 2.75) is 32.1 Å². The molecule has 0 saturated heterocycles. The lowest BCUT2D eigenvalue weighted by molar-refractivity contribution is 0.469. The van der Waals surface area contributed by atoms with Gasteiger partial charge in [-0.25, -0.2) is 0 Å². The SMILES string of the molecule is CC1=CC(Sc2ccccc2)=CC(C)(C)C1. The van der Waals surface area contributed by atoms with Gasteiger partial charge in [0.2, 0.25) is 0 Å². The van der Waals surface area contributed by atoms with E-state index in [4.69, 9.17) is 0 Å². The van der Waals surface area contributed by atoms with E-state index in [0.717, 1.165) is 0 Å². The minimum Gasteiger partial charge on any atom is -0.0904 e. The van der Waals surface area contributed by atoms with Crippen molar-refractivity contribution in [3.8, 4) is 0 Å². The molecule has 2 rings (SSSR count). The van der Waals surface area contributed by atoms with Crippen LogP contribution in [0, 0.1) is 5.41 Å². The third-order valence-electron chi connectivity index (χ3n) is 2.64. The molecule has 0 saturated carbocycles. The number of benzene rings is 1. The van der Waals surface area contributed by atoms with Crippen molar-refractivity contribution in [1.29, 1.82) is 0 Å². The number of thioether (sulfide) groups is 1. The van der Waals surface area contributed by atoms with Gasteiger partial charge in [0.05, 0.1) is 0 Å². The van der Waals surface area contributed by atoms with Crippen LogP contribution in [0.3, 0.4) is 0 Å². The summed E-state index contributed by atoms with van der Waals surface area (Å²) in [5.74, 6) is 0. The highest BCUT2D eigenvalue weighted by molar-refractivity contribution is 8.03. The van der Waals surface area contributed by atoms with Crippen LogP contribution in [0.4, 0.5) is 0 Å². The number of hydrogen-bond donors (Lipinski definition) is 0. The van der Waals surface area contributed by atoms with Crippen LogP contribution >= 0.6 is 11.8 Å². The lowest BCUT2D eigenvalue weighted by Gasteiger charge is -2.26. The van der Waals surface area contributed by atoms with Gasteiger partial charge in [0.25, 0.3) is 0 Å². The van der Waals surface area contributed by atoms with Crippen LogP contribution in [0.15, 0.2) is 57.9 Å². The fourth-order valence-electron chi connectivity index (χ4n) is 2.17. The van der Waals surface area contributed by atoms with Crippen molar-refractivity contribution in [2.24, 2.45) is 5.41 Å². The van der Waals surface area contributed by atoms with Crippen molar-refractivity contribution >= 4 is 11.8 Å². The van der Waals surface area contributed by atoms with Gasteiger partial charge in [-0.2, -0.15) is 0 Å². The van der Waals surface area contributed by atoms with Gasteiger partial charge in [-0.05, 0) is 37.0 Å². The van der Waals surface area contributed by atoms with E-state index in [9.17, 15) is 0 Å². The molecule has 0 nitrogen and oxygen atoms in total. The second-order valence-electron chi connectivity index (χ2n) is 5.12. The summed E-state index contributed by atoms with van der Waals surface area (Å²) >= 11 is 1.86. The molecule has 1 aliphatic rings. The summed E-state index contributed by atoms with van der Waals surface area (Å²) in [6.07, 6.45) is 5.87. The van der Waals surface area contributed by atoms with Crippen LogP contribution in [0.2, 0.25) is 0 Å². The van der Waals surface area contributed by atoms with Crippen molar-refractivity contribution < 1.29 is 0 Å². The quantitative estimate of drug-likeness (QED) is 0.686. The molecule has 0 spiro atoms. The molecule has 84 valence electrons. The fourth-order valence-corrected chi connectivity index (χ4v) is 3.38. The maximum Gasteiger partial charge on any atom is 0.0122 e. The number of allylic oxidation sites excluding steroid dienone is 3. The predicted octanol–water partition coefficient (Wildman–Crippen LogP) is 5.04. The smallest absolute Gasteiger partial charge is 0.0122 e. The Morgan fingerprint density at radius 3 is 2.44 bits per heavy atom. The van der Waals surface area contributed by atoms with Crippen LogP contribution in [-0.2, 0) is 0 Å². The largest absolute Gasteiger partial charge is 0.0904 e. The first-order chi connectivity index (χ1) is 7.55. The first kappa shape index (κ1) is 11.5. The van der Waals surface area contributed by atoms with E-state index in [-0.39, 0.29) is 0 Å². The second-order valence-corrected chi connectivity index (χ2v) is 6.26. The highest BCUT2D eigenvalue weighted by Crippen LogP contribution is 2.39. The fraction of sp³-hybridized carbons (Fsp3) is 0.333. The summed E-state index contributed by atoms with van der Waals surface area (Å²) < 4.78 is 0. The van der Waals surface area contributed by atoms with E-state index < -0.39 is 0 Å². The molecule has 1 aromatic rings. The zero-order valence-corrected chi connectivity index (χ0v) is 11.0. The minimum atomic E-state index is 0.302. The highest BCUT2D eigenvalue weighted by atomic mass is 32.2. The third kappa shape index (κ3) is 3.02. The molecule has 0 fully saturated rings. The topological polar surface area (TPSA) is 0 Å². The molecule has 0 aliphatic heterocycles. The number of hydrogen-bond acceptors (Lipinski definition) is 1. The first-order valence-electron chi connectivity index (χ1n) is 5.68. The van der Waals surface area contributed by atoms with Crippen LogP contribution in [-0.4, -0.2) is 0 Å². The van der Waals surface area contributed by atoms with E-state index in [1.54, 1.807) is 0 Å². The standard InChI is InChI=1S/C15H18S/c1-12-9-14(11-15(2,3)10-12)16-13-7-5-4-6-8-13/h4-9,11H,10H2,1-3H3. The zero-order chi connectivity index (χ0) is 11.6. The lowest BCUT2D eigenvalue weighted by Crippen LogP contribution is -2.11. The van der Waals surface area contributed by atoms with Crippen LogP contribution < -0.4 is 0 Å². The Hall–Kier alpha value is -0.950. The normalized spacial score (nSPS) is 18.9. The molecule has 0 amide bonds. The third-order valence-corrected chi connectivity index (χ3v) is 3.61. The second kappa shape index (κ2) is 4.50. The van der Waals surface area contributed by atoms with Gasteiger partial charge >= 0.3 is 0 Å². The maximum atomic E-state index is 2.39. The first-order valence-corrected chi connectivity index (χ1v) is 6.50. The van der Waals surface area contributed by atoms with E-state index in [1.807, 2.05) is 11.8 Å². The van der Waals surface area contributed by atoms with Crippen molar-refractivity contribution in [1.82, 2.24) is 0 Å². The molecule has 0 atom stereocenters. The average Bonchev–Trinajstić information content (AvgIpc) is 2.15. The Labute approximate surface area is 102 Å². The molecular formula is C15H18S. The molecule has 0 bridgehead atoms. The predicted molar refractivity (Wildman–Crippen MR) is 72.5 cm³/mol. The highest BCUT2D eigenvalue weighted by Gasteiger charge is 2.20. The Bertz CT molecular complexity index is 424. The Balaban J connectivity index is 2.19. The van der Waals surface area contributed by atoms with Gasteiger partial charge in [-0.15, -0.1) is 0 Å². The summed E-state index contributed by atoms with van der Waals surface area (Å²) in [6, 6.07) is 10.6. The summed E-state index contributed by atoms with van der Waals surface area (Å²) in [5.41, 5.74) is 1.78. The number of rotatable bonds is 2. The van der Waals surface area contributed by atoms with Crippen LogP contribution in [0.25, 0.3) is 0 Å². The molecule has 0 aromatic heterocycles. The van der Waals surface area contributed by atoms with E-state index in [0.29, 0.717) is 5.41 Å². The molecule has 0 N–H and O–H groups in total. The minimum absolute atomic E-state index is 0.302. The molecular weight excluding hydrogens is 212 g/mol. The van der Waals surface area contributed by atoms with Gasteiger partial charge < -0.3 is 0 Å². The van der Waals surface area contributed by atoms with Crippen molar-refractivity contribution in [2.75, 3.05) is 0 Å².